The van der Waals surface area contributed by atoms with Crippen molar-refractivity contribution >= 4 is 22.8 Å². The van der Waals surface area contributed by atoms with Gasteiger partial charge in [0, 0.05) is 22.1 Å². The number of rotatable bonds is 6. The molecule has 1 aliphatic heterocycles. The Balaban J connectivity index is 0.000000228. The van der Waals surface area contributed by atoms with Crippen LogP contribution in [0.3, 0.4) is 0 Å². The zero-order valence-corrected chi connectivity index (χ0v) is 17.8. The number of hydrogen-bond acceptors (Lipinski definition) is 4. The van der Waals surface area contributed by atoms with E-state index in [1.54, 1.807) is 11.8 Å². The van der Waals surface area contributed by atoms with Gasteiger partial charge in [-0.3, -0.25) is 9.79 Å². The van der Waals surface area contributed by atoms with Crippen LogP contribution in [0.15, 0.2) is 16.6 Å². The molecule has 0 aromatic carbocycles. The second kappa shape index (κ2) is 10.8. The predicted octanol–water partition coefficient (Wildman–Crippen LogP) is 6.07. The lowest BCUT2D eigenvalue weighted by Crippen LogP contribution is -1.98. The Morgan fingerprint density at radius 3 is 2.38 bits per heavy atom. The van der Waals surface area contributed by atoms with Crippen molar-refractivity contribution < 1.29 is 4.79 Å². The van der Waals surface area contributed by atoms with Crippen LogP contribution in [0.5, 0.6) is 0 Å². The van der Waals surface area contributed by atoms with E-state index in [1.807, 2.05) is 24.3 Å². The Kier molecular flexibility index (Phi) is 8.70. The number of Topliss-reactive ketones (excluding diaryl/α,β-unsaturated/α-hetero) is 1. The number of aliphatic imine (C=N–C) groups is 1. The summed E-state index contributed by atoms with van der Waals surface area (Å²) >= 11 is 2.03. The zero-order valence-electron chi connectivity index (χ0n) is 16.9. The van der Waals surface area contributed by atoms with Crippen LogP contribution >= 0.6 is 11.3 Å². The predicted molar refractivity (Wildman–Crippen MR) is 113 cm³/mol. The van der Waals surface area contributed by atoms with Gasteiger partial charge in [0.15, 0.2) is 5.78 Å². The lowest BCUT2D eigenvalue weighted by molar-refractivity contribution is -0.113. The Morgan fingerprint density at radius 2 is 1.85 bits per heavy atom. The summed E-state index contributed by atoms with van der Waals surface area (Å²) in [6, 6.07) is 0. The summed E-state index contributed by atoms with van der Waals surface area (Å²) in [6.45, 7) is 8.64. The molecule has 2 heterocycles. The van der Waals surface area contributed by atoms with Crippen LogP contribution in [-0.2, 0) is 17.6 Å². The van der Waals surface area contributed by atoms with Gasteiger partial charge in [0.25, 0.3) is 0 Å². The van der Waals surface area contributed by atoms with Crippen molar-refractivity contribution in [1.29, 1.82) is 0 Å². The molecule has 0 saturated heterocycles. The maximum absolute atomic E-state index is 10.6. The van der Waals surface area contributed by atoms with E-state index in [-0.39, 0.29) is 5.78 Å². The highest BCUT2D eigenvalue weighted by Gasteiger charge is 2.19. The molecule has 26 heavy (non-hydrogen) atoms. The molecule has 144 valence electrons. The summed E-state index contributed by atoms with van der Waals surface area (Å²) in [7, 11) is 0. The smallest absolute Gasteiger partial charge is 0.157 e. The lowest BCUT2D eigenvalue weighted by atomic mass is 9.99. The number of ketones is 1. The number of carbonyl (C=O) groups is 1. The highest BCUT2D eigenvalue weighted by Crippen LogP contribution is 2.34. The molecule has 0 radical (unpaired) electrons. The molecule has 1 aliphatic carbocycles. The van der Waals surface area contributed by atoms with Gasteiger partial charge in [-0.25, -0.2) is 4.98 Å². The van der Waals surface area contributed by atoms with Gasteiger partial charge in [0.1, 0.15) is 0 Å². The number of aromatic nitrogens is 1. The van der Waals surface area contributed by atoms with Gasteiger partial charge in [-0.15, -0.1) is 11.3 Å². The summed E-state index contributed by atoms with van der Waals surface area (Å²) < 4.78 is 0. The molecule has 0 N–H and O–H groups in total. The fourth-order valence-corrected chi connectivity index (χ4v) is 4.90. The van der Waals surface area contributed by atoms with E-state index in [9.17, 15) is 4.79 Å². The number of hydrogen-bond donors (Lipinski definition) is 0. The minimum atomic E-state index is 0.135. The maximum atomic E-state index is 10.6. The first-order valence-corrected chi connectivity index (χ1v) is 11.1. The normalized spacial score (nSPS) is 16.3. The van der Waals surface area contributed by atoms with Gasteiger partial charge in [0.2, 0.25) is 0 Å². The van der Waals surface area contributed by atoms with Gasteiger partial charge in [-0.1, -0.05) is 33.1 Å². The van der Waals surface area contributed by atoms with Crippen LogP contribution < -0.4 is 0 Å². The Morgan fingerprint density at radius 1 is 1.15 bits per heavy atom. The van der Waals surface area contributed by atoms with Crippen molar-refractivity contribution in [2.75, 3.05) is 6.54 Å². The van der Waals surface area contributed by atoms with E-state index in [0.29, 0.717) is 6.54 Å². The molecule has 0 unspecified atom stereocenters. The second-order valence-corrected chi connectivity index (χ2v) is 8.56. The number of thiazole rings is 1. The Hall–Kier alpha value is -1.29. The molecule has 0 spiro atoms. The van der Waals surface area contributed by atoms with Crippen molar-refractivity contribution in [1.82, 2.24) is 4.98 Å². The second-order valence-electron chi connectivity index (χ2n) is 7.44. The highest BCUT2D eigenvalue weighted by atomic mass is 32.1. The van der Waals surface area contributed by atoms with Crippen molar-refractivity contribution in [3.8, 4) is 0 Å². The number of carbonyl (C=O) groups excluding carboxylic acids is 1. The quantitative estimate of drug-likeness (QED) is 0.567. The van der Waals surface area contributed by atoms with Gasteiger partial charge in [-0.2, -0.15) is 0 Å². The van der Waals surface area contributed by atoms with E-state index in [1.165, 1.54) is 68.5 Å². The summed E-state index contributed by atoms with van der Waals surface area (Å²) in [5.74, 6) is 0.873. The molecule has 3 rings (SSSR count). The highest BCUT2D eigenvalue weighted by molar-refractivity contribution is 7.11. The minimum Gasteiger partial charge on any atom is -0.295 e. The van der Waals surface area contributed by atoms with Crippen LogP contribution in [0.1, 0.15) is 94.1 Å². The standard InChI is InChI=1S/C15H25NS.C7H9NO/c1-3-8-12(9-4-2)15-16-13-10-6-5-7-11-14(13)17-15;1-5-3-7(4-8-5)6(2)9/h12H,3-11H2,1-2H3;3H,4H2,1-2H3. The first-order valence-electron chi connectivity index (χ1n) is 10.3. The van der Waals surface area contributed by atoms with Gasteiger partial charge in [0.05, 0.1) is 17.2 Å². The molecule has 0 saturated carbocycles. The Labute approximate surface area is 163 Å². The number of aryl methyl sites for hydroxylation is 2. The van der Waals surface area contributed by atoms with Crippen LogP contribution in [0, 0.1) is 0 Å². The molecule has 1 aromatic heterocycles. The van der Waals surface area contributed by atoms with E-state index in [4.69, 9.17) is 4.98 Å². The molecular weight excluding hydrogens is 340 g/mol. The summed E-state index contributed by atoms with van der Waals surface area (Å²) in [5, 5.41) is 1.45. The molecule has 0 bridgehead atoms. The lowest BCUT2D eigenvalue weighted by Gasteiger charge is -2.11. The fourth-order valence-electron chi connectivity index (χ4n) is 3.58. The summed E-state index contributed by atoms with van der Waals surface area (Å²) in [6.07, 6.45) is 13.7. The van der Waals surface area contributed by atoms with Crippen LogP contribution in [0.4, 0.5) is 0 Å². The molecule has 1 aromatic rings. The van der Waals surface area contributed by atoms with E-state index < -0.39 is 0 Å². The molecule has 0 amide bonds. The van der Waals surface area contributed by atoms with E-state index in [2.05, 4.69) is 18.8 Å². The van der Waals surface area contributed by atoms with Crippen LogP contribution in [-0.4, -0.2) is 23.0 Å². The number of fused-ring (bicyclic) bond motifs is 1. The van der Waals surface area contributed by atoms with Gasteiger partial charge >= 0.3 is 0 Å². The summed E-state index contributed by atoms with van der Waals surface area (Å²) in [4.78, 5) is 21.3. The average molecular weight is 375 g/mol. The number of allylic oxidation sites excluding steroid dienone is 1. The molecule has 0 atom stereocenters. The van der Waals surface area contributed by atoms with E-state index >= 15 is 0 Å². The molecule has 0 fully saturated rings. The first-order chi connectivity index (χ1) is 12.5. The van der Waals surface area contributed by atoms with Gasteiger partial charge in [-0.05, 0) is 58.4 Å². The maximum Gasteiger partial charge on any atom is 0.157 e. The Bertz CT molecular complexity index is 628. The third-order valence-electron chi connectivity index (χ3n) is 5.07. The first kappa shape index (κ1) is 21.0. The van der Waals surface area contributed by atoms with Crippen LogP contribution in [0.25, 0.3) is 0 Å². The minimum absolute atomic E-state index is 0.135. The van der Waals surface area contributed by atoms with Crippen molar-refractivity contribution in [2.24, 2.45) is 4.99 Å². The van der Waals surface area contributed by atoms with Gasteiger partial charge < -0.3 is 0 Å². The van der Waals surface area contributed by atoms with Crippen molar-refractivity contribution in [3.63, 3.8) is 0 Å². The molecule has 2 aliphatic rings. The van der Waals surface area contributed by atoms with E-state index in [0.717, 1.165) is 17.2 Å². The zero-order chi connectivity index (χ0) is 18.9. The van der Waals surface area contributed by atoms with Crippen molar-refractivity contribution in [2.45, 2.75) is 91.4 Å². The fraction of sp³-hybridized carbons (Fsp3) is 0.682. The number of nitrogens with zero attached hydrogens (tertiary/aromatic N) is 2. The topological polar surface area (TPSA) is 42.3 Å². The molecule has 3 nitrogen and oxygen atoms in total. The molecular formula is C22H34N2OS. The third kappa shape index (κ3) is 6.15. The SMILES string of the molecule is CC(=O)C1=CC(C)=NC1.CCCC(CCC)c1nc2c(s1)CCCCC2. The largest absolute Gasteiger partial charge is 0.295 e. The monoisotopic (exact) mass is 374 g/mol. The third-order valence-corrected chi connectivity index (χ3v) is 6.39. The van der Waals surface area contributed by atoms with Crippen LogP contribution in [0.2, 0.25) is 0 Å². The summed E-state index contributed by atoms with van der Waals surface area (Å²) in [5.41, 5.74) is 3.23. The molecule has 4 heteroatoms. The average Bonchev–Trinajstić information content (AvgIpc) is 3.16. The van der Waals surface area contributed by atoms with Crippen molar-refractivity contribution in [3.05, 3.63) is 27.2 Å².